The van der Waals surface area contributed by atoms with Gasteiger partial charge in [-0.1, -0.05) is 43.1 Å². The number of anilines is 1. The van der Waals surface area contributed by atoms with E-state index in [4.69, 9.17) is 16.3 Å². The third-order valence-electron chi connectivity index (χ3n) is 3.27. The molecule has 0 aliphatic carbocycles. The Morgan fingerprint density at radius 3 is 2.62 bits per heavy atom. The van der Waals surface area contributed by atoms with Gasteiger partial charge in [0.05, 0.1) is 0 Å². The van der Waals surface area contributed by atoms with Crippen LogP contribution in [0.2, 0.25) is 5.02 Å². The lowest BCUT2D eigenvalue weighted by Crippen LogP contribution is -2.11. The molecule has 0 unspecified atom stereocenters. The Labute approximate surface area is 132 Å². The Morgan fingerprint density at radius 1 is 1.10 bits per heavy atom. The van der Waals surface area contributed by atoms with Crippen LogP contribution < -0.4 is 10.1 Å². The fraction of sp³-hybridized carbons (Fsp3) is 0.333. The molecule has 0 bridgehead atoms. The Hall–Kier alpha value is -1.67. The first-order chi connectivity index (χ1) is 10.3. The largest absolute Gasteiger partial charge is 0.492 e. The van der Waals surface area contributed by atoms with Gasteiger partial charge in [0.25, 0.3) is 0 Å². The first-order valence-electron chi connectivity index (χ1n) is 7.49. The van der Waals surface area contributed by atoms with Crippen molar-refractivity contribution in [1.82, 2.24) is 0 Å². The highest BCUT2D eigenvalue weighted by Crippen LogP contribution is 2.15. The van der Waals surface area contributed by atoms with E-state index in [-0.39, 0.29) is 0 Å². The van der Waals surface area contributed by atoms with E-state index in [1.54, 1.807) is 0 Å². The van der Waals surface area contributed by atoms with E-state index in [1.807, 2.05) is 36.4 Å². The van der Waals surface area contributed by atoms with E-state index in [9.17, 15) is 0 Å². The van der Waals surface area contributed by atoms with E-state index in [0.29, 0.717) is 6.61 Å². The topological polar surface area (TPSA) is 21.3 Å². The monoisotopic (exact) mass is 303 g/mol. The molecule has 0 heterocycles. The van der Waals surface area contributed by atoms with E-state index >= 15 is 0 Å². The van der Waals surface area contributed by atoms with Crippen LogP contribution in [-0.2, 0) is 6.42 Å². The third-order valence-corrected chi connectivity index (χ3v) is 3.50. The molecule has 0 aliphatic rings. The van der Waals surface area contributed by atoms with Gasteiger partial charge in [0.2, 0.25) is 0 Å². The van der Waals surface area contributed by atoms with Gasteiger partial charge in [-0.3, -0.25) is 0 Å². The maximum Gasteiger partial charge on any atom is 0.119 e. The smallest absolute Gasteiger partial charge is 0.119 e. The number of hydrogen-bond acceptors (Lipinski definition) is 2. The second kappa shape index (κ2) is 8.58. The van der Waals surface area contributed by atoms with E-state index in [2.05, 4.69) is 24.4 Å². The number of benzene rings is 2. The van der Waals surface area contributed by atoms with Gasteiger partial charge in [-0.2, -0.15) is 0 Å². The molecule has 2 nitrogen and oxygen atoms in total. The molecule has 21 heavy (non-hydrogen) atoms. The summed E-state index contributed by atoms with van der Waals surface area (Å²) in [6, 6.07) is 16.1. The van der Waals surface area contributed by atoms with Crippen LogP contribution in [0.1, 0.15) is 25.3 Å². The molecule has 0 aromatic heterocycles. The number of hydrogen-bond donors (Lipinski definition) is 1. The fourth-order valence-corrected chi connectivity index (χ4v) is 2.29. The summed E-state index contributed by atoms with van der Waals surface area (Å²) >= 11 is 5.93. The third kappa shape index (κ3) is 5.68. The highest BCUT2D eigenvalue weighted by Gasteiger charge is 1.97. The maximum atomic E-state index is 5.93. The number of unbranched alkanes of at least 4 members (excludes halogenated alkanes) is 1. The molecular weight excluding hydrogens is 282 g/mol. The summed E-state index contributed by atoms with van der Waals surface area (Å²) in [6.07, 6.45) is 3.62. The van der Waals surface area contributed by atoms with Crippen LogP contribution in [0.5, 0.6) is 5.75 Å². The van der Waals surface area contributed by atoms with Crippen LogP contribution in [-0.4, -0.2) is 13.2 Å². The average molecular weight is 304 g/mol. The summed E-state index contributed by atoms with van der Waals surface area (Å²) in [7, 11) is 0. The summed E-state index contributed by atoms with van der Waals surface area (Å²) < 4.78 is 5.72. The Balaban J connectivity index is 1.71. The first kappa shape index (κ1) is 15.7. The Morgan fingerprint density at radius 2 is 1.90 bits per heavy atom. The predicted molar refractivity (Wildman–Crippen MR) is 90.5 cm³/mol. The second-order valence-corrected chi connectivity index (χ2v) is 5.47. The molecule has 0 atom stereocenters. The van der Waals surface area contributed by atoms with Crippen LogP contribution in [0.4, 0.5) is 5.69 Å². The van der Waals surface area contributed by atoms with E-state index < -0.39 is 0 Å². The number of halogens is 1. The zero-order valence-corrected chi connectivity index (χ0v) is 13.2. The van der Waals surface area contributed by atoms with Crippen molar-refractivity contribution in [3.63, 3.8) is 0 Å². The van der Waals surface area contributed by atoms with Gasteiger partial charge in [-0.05, 0) is 48.7 Å². The molecule has 2 rings (SSSR count). The minimum absolute atomic E-state index is 0.626. The fourth-order valence-electron chi connectivity index (χ4n) is 2.10. The molecule has 0 radical (unpaired) electrons. The van der Waals surface area contributed by atoms with Crippen molar-refractivity contribution in [2.75, 3.05) is 18.5 Å². The summed E-state index contributed by atoms with van der Waals surface area (Å²) in [5.41, 5.74) is 2.39. The van der Waals surface area contributed by atoms with Crippen LogP contribution in [0.25, 0.3) is 0 Å². The standard InChI is InChI=1S/C18H22ClNO/c1-2-3-5-15-8-10-18(11-9-15)21-13-12-20-17-7-4-6-16(19)14-17/h4,6-11,14,20H,2-3,5,12-13H2,1H3. The van der Waals surface area contributed by atoms with Crippen molar-refractivity contribution in [2.24, 2.45) is 0 Å². The zero-order chi connectivity index (χ0) is 14.9. The lowest BCUT2D eigenvalue weighted by Gasteiger charge is -2.09. The van der Waals surface area contributed by atoms with Crippen molar-refractivity contribution in [3.8, 4) is 5.75 Å². The summed E-state index contributed by atoms with van der Waals surface area (Å²) in [5.74, 6) is 0.920. The average Bonchev–Trinajstić information content (AvgIpc) is 2.51. The van der Waals surface area contributed by atoms with Crippen molar-refractivity contribution in [3.05, 3.63) is 59.1 Å². The first-order valence-corrected chi connectivity index (χ1v) is 7.87. The van der Waals surface area contributed by atoms with Gasteiger partial charge >= 0.3 is 0 Å². The van der Waals surface area contributed by atoms with Crippen LogP contribution in [0, 0.1) is 0 Å². The van der Waals surface area contributed by atoms with Gasteiger partial charge in [-0.15, -0.1) is 0 Å². The molecule has 0 saturated carbocycles. The molecule has 0 spiro atoms. The molecule has 3 heteroatoms. The predicted octanol–water partition coefficient (Wildman–Crippen LogP) is 5.17. The SMILES string of the molecule is CCCCc1ccc(OCCNc2cccc(Cl)c2)cc1. The summed E-state index contributed by atoms with van der Waals surface area (Å²) in [5, 5.41) is 4.02. The van der Waals surface area contributed by atoms with Gasteiger partial charge < -0.3 is 10.1 Å². The van der Waals surface area contributed by atoms with E-state index in [0.717, 1.165) is 29.4 Å². The van der Waals surface area contributed by atoms with Crippen molar-refractivity contribution in [1.29, 1.82) is 0 Å². The summed E-state index contributed by atoms with van der Waals surface area (Å²) in [4.78, 5) is 0. The van der Waals surface area contributed by atoms with Crippen molar-refractivity contribution in [2.45, 2.75) is 26.2 Å². The highest BCUT2D eigenvalue weighted by molar-refractivity contribution is 6.30. The number of aryl methyl sites for hydroxylation is 1. The number of nitrogens with one attached hydrogen (secondary N) is 1. The van der Waals surface area contributed by atoms with Gasteiger partial charge in [0.1, 0.15) is 12.4 Å². The molecule has 0 fully saturated rings. The van der Waals surface area contributed by atoms with Crippen LogP contribution in [0.15, 0.2) is 48.5 Å². The Bertz CT molecular complexity index is 539. The minimum Gasteiger partial charge on any atom is -0.492 e. The molecule has 2 aromatic rings. The highest BCUT2D eigenvalue weighted by atomic mass is 35.5. The lowest BCUT2D eigenvalue weighted by molar-refractivity contribution is 0.333. The van der Waals surface area contributed by atoms with E-state index in [1.165, 1.54) is 18.4 Å². The van der Waals surface area contributed by atoms with Gasteiger partial charge in [0.15, 0.2) is 0 Å². The normalized spacial score (nSPS) is 10.4. The molecule has 2 aromatic carbocycles. The minimum atomic E-state index is 0.626. The molecule has 1 N–H and O–H groups in total. The zero-order valence-electron chi connectivity index (χ0n) is 12.4. The van der Waals surface area contributed by atoms with Crippen LogP contribution >= 0.6 is 11.6 Å². The van der Waals surface area contributed by atoms with Crippen molar-refractivity contribution >= 4 is 17.3 Å². The van der Waals surface area contributed by atoms with Gasteiger partial charge in [-0.25, -0.2) is 0 Å². The van der Waals surface area contributed by atoms with Crippen molar-refractivity contribution < 1.29 is 4.74 Å². The quantitative estimate of drug-likeness (QED) is 0.679. The second-order valence-electron chi connectivity index (χ2n) is 5.03. The molecule has 0 saturated heterocycles. The molecular formula is C18H22ClNO. The van der Waals surface area contributed by atoms with Gasteiger partial charge in [0, 0.05) is 17.3 Å². The maximum absolute atomic E-state index is 5.93. The van der Waals surface area contributed by atoms with Crippen LogP contribution in [0.3, 0.4) is 0 Å². The number of rotatable bonds is 8. The molecule has 0 amide bonds. The number of ether oxygens (including phenoxy) is 1. The lowest BCUT2D eigenvalue weighted by atomic mass is 10.1. The Kier molecular flexibility index (Phi) is 6.42. The molecule has 0 aliphatic heterocycles. The molecule has 112 valence electrons. The summed E-state index contributed by atoms with van der Waals surface area (Å²) in [6.45, 7) is 3.59.